The van der Waals surface area contributed by atoms with Gasteiger partial charge in [-0.25, -0.2) is 0 Å². The number of imide groups is 2. The van der Waals surface area contributed by atoms with Crippen LogP contribution in [0.15, 0.2) is 12.1 Å². The van der Waals surface area contributed by atoms with Crippen LogP contribution < -0.4 is 5.32 Å². The Hall–Kier alpha value is -3.07. The predicted molar refractivity (Wildman–Crippen MR) is 94.6 cm³/mol. The average molecular weight is 385 g/mol. The molecule has 0 aliphatic carbocycles. The van der Waals surface area contributed by atoms with E-state index in [0.29, 0.717) is 25.9 Å². The maximum Gasteiger partial charge on any atom is 0.317 e. The molecule has 2 N–H and O–H groups in total. The minimum absolute atomic E-state index is 0.0468. The average Bonchev–Trinajstić information content (AvgIpc) is 2.78. The lowest BCUT2D eigenvalue weighted by molar-refractivity contribution is -0.138. The number of nitrogens with zero attached hydrogens (tertiary/aromatic N) is 2. The molecule has 3 heterocycles. The van der Waals surface area contributed by atoms with Gasteiger partial charge in [-0.15, -0.1) is 0 Å². The number of fused-ring (bicyclic) bond motifs is 2. The first-order valence-corrected chi connectivity index (χ1v) is 9.16. The third-order valence-electron chi connectivity index (χ3n) is 5.51. The molecule has 0 aromatic heterocycles. The lowest BCUT2D eigenvalue weighted by atomic mass is 9.96. The van der Waals surface area contributed by atoms with E-state index in [1.54, 1.807) is 12.1 Å². The molecule has 1 unspecified atom stereocenters. The summed E-state index contributed by atoms with van der Waals surface area (Å²) in [5, 5.41) is 11.2. The zero-order chi connectivity index (χ0) is 20.0. The normalized spacial score (nSPS) is 22.6. The molecule has 1 aromatic rings. The highest BCUT2D eigenvalue weighted by Gasteiger charge is 2.45. The fraction of sp³-hybridized carbons (Fsp3) is 0.421. The van der Waals surface area contributed by atoms with Gasteiger partial charge in [0.1, 0.15) is 6.04 Å². The van der Waals surface area contributed by atoms with E-state index in [1.807, 2.05) is 4.90 Å². The van der Waals surface area contributed by atoms with Crippen LogP contribution in [0.1, 0.15) is 44.7 Å². The van der Waals surface area contributed by atoms with Crippen molar-refractivity contribution in [2.75, 3.05) is 19.6 Å². The van der Waals surface area contributed by atoms with Crippen molar-refractivity contribution in [3.63, 3.8) is 0 Å². The van der Waals surface area contributed by atoms with Crippen molar-refractivity contribution in [3.05, 3.63) is 34.4 Å². The Morgan fingerprint density at radius 1 is 1.00 bits per heavy atom. The van der Waals surface area contributed by atoms with E-state index in [9.17, 15) is 24.0 Å². The summed E-state index contributed by atoms with van der Waals surface area (Å²) >= 11 is 0. The molecule has 1 aromatic carbocycles. The molecule has 0 saturated carbocycles. The number of benzene rings is 1. The molecular formula is C19H19N3O6. The van der Waals surface area contributed by atoms with Gasteiger partial charge in [0.05, 0.1) is 17.7 Å². The second-order valence-electron chi connectivity index (χ2n) is 7.28. The Bertz CT molecular complexity index is 877. The van der Waals surface area contributed by atoms with Crippen molar-refractivity contribution in [3.8, 4) is 0 Å². The van der Waals surface area contributed by atoms with Gasteiger partial charge in [0, 0.05) is 19.5 Å². The van der Waals surface area contributed by atoms with Crippen LogP contribution in [0.25, 0.3) is 0 Å². The summed E-state index contributed by atoms with van der Waals surface area (Å²) in [6, 6.07) is 2.42. The van der Waals surface area contributed by atoms with Crippen LogP contribution in [0, 0.1) is 0 Å². The number of carboxylic acids is 1. The fourth-order valence-corrected chi connectivity index (χ4v) is 4.09. The van der Waals surface area contributed by atoms with E-state index in [-0.39, 0.29) is 30.5 Å². The topological polar surface area (TPSA) is 124 Å². The van der Waals surface area contributed by atoms with Crippen LogP contribution in [0.5, 0.6) is 0 Å². The quantitative estimate of drug-likeness (QED) is 0.677. The molecule has 1 saturated heterocycles. The molecule has 1 fully saturated rings. The number of carboxylic acid groups (broad SMARTS) is 1. The lowest BCUT2D eigenvalue weighted by Crippen LogP contribution is -2.54. The van der Waals surface area contributed by atoms with Gasteiger partial charge in [-0.2, -0.15) is 0 Å². The van der Waals surface area contributed by atoms with E-state index >= 15 is 0 Å². The van der Waals surface area contributed by atoms with E-state index in [0.717, 1.165) is 16.0 Å². The first kappa shape index (κ1) is 18.3. The van der Waals surface area contributed by atoms with Crippen LogP contribution in [-0.4, -0.2) is 70.2 Å². The summed E-state index contributed by atoms with van der Waals surface area (Å²) in [5.74, 6) is -2.97. The van der Waals surface area contributed by atoms with Crippen molar-refractivity contribution < 1.29 is 29.1 Å². The predicted octanol–water partition coefficient (Wildman–Crippen LogP) is -0.427. The largest absolute Gasteiger partial charge is 0.480 e. The highest BCUT2D eigenvalue weighted by Crippen LogP contribution is 2.31. The SMILES string of the molecule is O=C(O)CN1CCc2cc3c(cc2CC1)C(=O)N(C1CCC(=O)NC1=O)C3=O. The van der Waals surface area contributed by atoms with Crippen molar-refractivity contribution in [1.82, 2.24) is 15.1 Å². The van der Waals surface area contributed by atoms with Crippen LogP contribution in [0.2, 0.25) is 0 Å². The van der Waals surface area contributed by atoms with Gasteiger partial charge in [-0.1, -0.05) is 0 Å². The van der Waals surface area contributed by atoms with Gasteiger partial charge in [0.25, 0.3) is 11.8 Å². The van der Waals surface area contributed by atoms with Crippen molar-refractivity contribution in [2.45, 2.75) is 31.7 Å². The maximum absolute atomic E-state index is 12.9. The summed E-state index contributed by atoms with van der Waals surface area (Å²) < 4.78 is 0. The second-order valence-corrected chi connectivity index (χ2v) is 7.28. The molecule has 0 spiro atoms. The van der Waals surface area contributed by atoms with Crippen LogP contribution in [-0.2, 0) is 27.2 Å². The number of carbonyl (C=O) groups is 5. The minimum Gasteiger partial charge on any atom is -0.480 e. The molecule has 4 amide bonds. The molecule has 0 bridgehead atoms. The summed E-state index contributed by atoms with van der Waals surface area (Å²) in [7, 11) is 0. The summed E-state index contributed by atoms with van der Waals surface area (Å²) in [5.41, 5.74) is 2.36. The molecular weight excluding hydrogens is 366 g/mol. The summed E-state index contributed by atoms with van der Waals surface area (Å²) in [6.07, 6.45) is 1.37. The van der Waals surface area contributed by atoms with Gasteiger partial charge < -0.3 is 5.11 Å². The number of amides is 4. The molecule has 3 aliphatic heterocycles. The number of hydrogen-bond acceptors (Lipinski definition) is 6. The Morgan fingerprint density at radius 3 is 2.07 bits per heavy atom. The Kier molecular flexibility index (Phi) is 4.46. The molecule has 28 heavy (non-hydrogen) atoms. The fourth-order valence-electron chi connectivity index (χ4n) is 4.09. The monoisotopic (exact) mass is 385 g/mol. The van der Waals surface area contributed by atoms with Crippen LogP contribution in [0.4, 0.5) is 0 Å². The number of piperidine rings is 1. The van der Waals surface area contributed by atoms with E-state index in [4.69, 9.17) is 5.11 Å². The van der Waals surface area contributed by atoms with Gasteiger partial charge in [-0.05, 0) is 42.5 Å². The molecule has 0 radical (unpaired) electrons. The molecule has 4 rings (SSSR count). The standard InChI is InChI=1S/C19H19N3O6/c23-15-2-1-14(17(26)20-15)22-18(27)12-7-10-3-5-21(9-16(24)25)6-4-11(10)8-13(12)19(22)28/h7-8,14H,1-6,9H2,(H,24,25)(H,20,23,26). The number of carbonyl (C=O) groups excluding carboxylic acids is 4. The van der Waals surface area contributed by atoms with Gasteiger partial charge in [0.15, 0.2) is 0 Å². The molecule has 3 aliphatic rings. The van der Waals surface area contributed by atoms with Gasteiger partial charge in [0.2, 0.25) is 11.8 Å². The summed E-state index contributed by atoms with van der Waals surface area (Å²) in [6.45, 7) is 1.06. The van der Waals surface area contributed by atoms with Gasteiger partial charge >= 0.3 is 5.97 Å². The molecule has 9 heteroatoms. The first-order valence-electron chi connectivity index (χ1n) is 9.16. The third-order valence-corrected chi connectivity index (χ3v) is 5.51. The zero-order valence-corrected chi connectivity index (χ0v) is 15.1. The molecule has 1 atom stereocenters. The number of nitrogens with one attached hydrogen (secondary N) is 1. The van der Waals surface area contributed by atoms with E-state index in [2.05, 4.69) is 5.32 Å². The second kappa shape index (κ2) is 6.83. The Morgan fingerprint density at radius 2 is 1.57 bits per heavy atom. The first-order chi connectivity index (χ1) is 13.3. The zero-order valence-electron chi connectivity index (χ0n) is 15.1. The number of hydrogen-bond donors (Lipinski definition) is 2. The van der Waals surface area contributed by atoms with Crippen molar-refractivity contribution in [2.24, 2.45) is 0 Å². The van der Waals surface area contributed by atoms with Crippen LogP contribution >= 0.6 is 0 Å². The molecule has 146 valence electrons. The maximum atomic E-state index is 12.9. The van der Waals surface area contributed by atoms with Crippen LogP contribution in [0.3, 0.4) is 0 Å². The number of rotatable bonds is 3. The Balaban J connectivity index is 1.60. The van der Waals surface area contributed by atoms with E-state index in [1.165, 1.54) is 0 Å². The van der Waals surface area contributed by atoms with Gasteiger partial charge in [-0.3, -0.25) is 39.1 Å². The van der Waals surface area contributed by atoms with E-state index < -0.39 is 35.6 Å². The molecule has 9 nitrogen and oxygen atoms in total. The van der Waals surface area contributed by atoms with Crippen molar-refractivity contribution >= 4 is 29.6 Å². The minimum atomic E-state index is -0.976. The number of aliphatic carboxylic acids is 1. The Labute approximate surface area is 160 Å². The van der Waals surface area contributed by atoms with Crippen molar-refractivity contribution in [1.29, 1.82) is 0 Å². The highest BCUT2D eigenvalue weighted by molar-refractivity contribution is 6.23. The third kappa shape index (κ3) is 3.07. The smallest absolute Gasteiger partial charge is 0.317 e. The highest BCUT2D eigenvalue weighted by atomic mass is 16.4. The lowest BCUT2D eigenvalue weighted by Gasteiger charge is -2.27. The summed E-state index contributed by atoms with van der Waals surface area (Å²) in [4.78, 5) is 62.9.